The summed E-state index contributed by atoms with van der Waals surface area (Å²) in [7, 11) is 0. The van der Waals surface area contributed by atoms with Crippen LogP contribution < -0.4 is 5.32 Å². The van der Waals surface area contributed by atoms with Crippen molar-refractivity contribution in [2.24, 2.45) is 0 Å². The van der Waals surface area contributed by atoms with Gasteiger partial charge in [-0.25, -0.2) is 0 Å². The zero-order valence-electron chi connectivity index (χ0n) is 8.86. The second-order valence-electron chi connectivity index (χ2n) is 3.47. The lowest BCUT2D eigenvalue weighted by Gasteiger charge is -2.05. The van der Waals surface area contributed by atoms with Gasteiger partial charge in [-0.05, 0) is 24.1 Å². The molecule has 16 heavy (non-hydrogen) atoms. The van der Waals surface area contributed by atoms with Crippen LogP contribution in [0.3, 0.4) is 0 Å². The molecule has 0 heterocycles. The van der Waals surface area contributed by atoms with E-state index in [1.54, 1.807) is 19.1 Å². The SMILES string of the molecule is Cc1cc(CNC(=O)CC(=O)O)ccc1O. The van der Waals surface area contributed by atoms with E-state index in [1.807, 2.05) is 0 Å². The van der Waals surface area contributed by atoms with Gasteiger partial charge in [0.05, 0.1) is 0 Å². The molecule has 0 aliphatic rings. The molecule has 0 saturated heterocycles. The largest absolute Gasteiger partial charge is 0.508 e. The van der Waals surface area contributed by atoms with Gasteiger partial charge < -0.3 is 15.5 Å². The summed E-state index contributed by atoms with van der Waals surface area (Å²) in [5.41, 5.74) is 1.53. The van der Waals surface area contributed by atoms with Crippen molar-refractivity contribution in [2.45, 2.75) is 19.9 Å². The molecule has 86 valence electrons. The summed E-state index contributed by atoms with van der Waals surface area (Å²) in [5.74, 6) is -1.49. The van der Waals surface area contributed by atoms with Crippen LogP contribution >= 0.6 is 0 Å². The monoisotopic (exact) mass is 223 g/mol. The summed E-state index contributed by atoms with van der Waals surface area (Å²) in [6, 6.07) is 4.94. The highest BCUT2D eigenvalue weighted by Crippen LogP contribution is 2.16. The number of carboxylic acid groups (broad SMARTS) is 1. The van der Waals surface area contributed by atoms with E-state index in [0.29, 0.717) is 5.56 Å². The molecule has 1 rings (SSSR count). The summed E-state index contributed by atoms with van der Waals surface area (Å²) in [6.45, 7) is 2.01. The third kappa shape index (κ3) is 3.61. The van der Waals surface area contributed by atoms with Crippen LogP contribution in [-0.2, 0) is 16.1 Å². The number of amides is 1. The van der Waals surface area contributed by atoms with Gasteiger partial charge in [0.1, 0.15) is 12.2 Å². The minimum Gasteiger partial charge on any atom is -0.508 e. The van der Waals surface area contributed by atoms with Gasteiger partial charge in [0.2, 0.25) is 5.91 Å². The highest BCUT2D eigenvalue weighted by atomic mass is 16.4. The number of hydrogen-bond donors (Lipinski definition) is 3. The highest BCUT2D eigenvalue weighted by Gasteiger charge is 2.06. The maximum Gasteiger partial charge on any atom is 0.312 e. The summed E-state index contributed by atoms with van der Waals surface area (Å²) >= 11 is 0. The first-order valence-corrected chi connectivity index (χ1v) is 4.76. The Balaban J connectivity index is 2.51. The van der Waals surface area contributed by atoms with Crippen molar-refractivity contribution in [2.75, 3.05) is 0 Å². The molecule has 1 aromatic rings. The Morgan fingerprint density at radius 3 is 2.62 bits per heavy atom. The van der Waals surface area contributed by atoms with E-state index in [0.717, 1.165) is 5.56 Å². The first-order chi connectivity index (χ1) is 7.49. The van der Waals surface area contributed by atoms with E-state index < -0.39 is 18.3 Å². The van der Waals surface area contributed by atoms with E-state index in [4.69, 9.17) is 5.11 Å². The second-order valence-corrected chi connectivity index (χ2v) is 3.47. The normalized spacial score (nSPS) is 9.81. The number of carboxylic acids is 1. The van der Waals surface area contributed by atoms with E-state index in [9.17, 15) is 14.7 Å². The number of rotatable bonds is 4. The molecule has 0 radical (unpaired) electrons. The Labute approximate surface area is 92.7 Å². The molecule has 5 heteroatoms. The van der Waals surface area contributed by atoms with Crippen molar-refractivity contribution in [3.05, 3.63) is 29.3 Å². The van der Waals surface area contributed by atoms with Crippen molar-refractivity contribution in [3.63, 3.8) is 0 Å². The average Bonchev–Trinajstić information content (AvgIpc) is 2.19. The number of hydrogen-bond acceptors (Lipinski definition) is 3. The lowest BCUT2D eigenvalue weighted by Crippen LogP contribution is -2.25. The summed E-state index contributed by atoms with van der Waals surface area (Å²) < 4.78 is 0. The zero-order valence-corrected chi connectivity index (χ0v) is 8.86. The molecule has 1 amide bonds. The minimum absolute atomic E-state index is 0.195. The highest BCUT2D eigenvalue weighted by molar-refractivity contribution is 5.93. The van der Waals surface area contributed by atoms with E-state index in [2.05, 4.69) is 5.32 Å². The summed E-state index contributed by atoms with van der Waals surface area (Å²) in [4.78, 5) is 21.3. The first kappa shape index (κ1) is 12.0. The Morgan fingerprint density at radius 2 is 2.06 bits per heavy atom. The van der Waals surface area contributed by atoms with Crippen LogP contribution in [0.25, 0.3) is 0 Å². The van der Waals surface area contributed by atoms with Gasteiger partial charge >= 0.3 is 5.97 Å². The number of carbonyl (C=O) groups is 2. The molecule has 0 saturated carbocycles. The van der Waals surface area contributed by atoms with Crippen molar-refractivity contribution >= 4 is 11.9 Å². The number of benzene rings is 1. The average molecular weight is 223 g/mol. The van der Waals surface area contributed by atoms with Gasteiger partial charge in [-0.2, -0.15) is 0 Å². The number of phenols is 1. The van der Waals surface area contributed by atoms with Gasteiger partial charge in [-0.15, -0.1) is 0 Å². The fraction of sp³-hybridized carbons (Fsp3) is 0.273. The predicted molar refractivity (Wildman–Crippen MR) is 56.9 cm³/mol. The maximum absolute atomic E-state index is 11.0. The van der Waals surface area contributed by atoms with Gasteiger partial charge in [0.15, 0.2) is 0 Å². The third-order valence-corrected chi connectivity index (χ3v) is 2.06. The Kier molecular flexibility index (Phi) is 3.88. The molecule has 0 aliphatic heterocycles. The van der Waals surface area contributed by atoms with Crippen LogP contribution in [0, 0.1) is 6.92 Å². The number of aromatic hydroxyl groups is 1. The molecule has 5 nitrogen and oxygen atoms in total. The molecule has 1 aromatic carbocycles. The number of aryl methyl sites for hydroxylation is 1. The summed E-state index contributed by atoms with van der Waals surface area (Å²) in [5, 5.41) is 20.1. The number of nitrogens with one attached hydrogen (secondary N) is 1. The summed E-state index contributed by atoms with van der Waals surface area (Å²) in [6.07, 6.45) is -0.531. The molecular weight excluding hydrogens is 210 g/mol. The Morgan fingerprint density at radius 1 is 1.38 bits per heavy atom. The molecule has 0 fully saturated rings. The number of phenolic OH excluding ortho intramolecular Hbond substituents is 1. The van der Waals surface area contributed by atoms with Crippen LogP contribution in [0.5, 0.6) is 5.75 Å². The van der Waals surface area contributed by atoms with Gasteiger partial charge in [-0.1, -0.05) is 12.1 Å². The van der Waals surface area contributed by atoms with Crippen molar-refractivity contribution in [1.82, 2.24) is 5.32 Å². The number of carbonyl (C=O) groups excluding carboxylic acids is 1. The second kappa shape index (κ2) is 5.16. The minimum atomic E-state index is -1.15. The van der Waals surface area contributed by atoms with Crippen LogP contribution in [0.1, 0.15) is 17.5 Å². The molecular formula is C11H13NO4. The lowest BCUT2D eigenvalue weighted by atomic mass is 10.1. The van der Waals surface area contributed by atoms with Crippen molar-refractivity contribution in [1.29, 1.82) is 0 Å². The zero-order chi connectivity index (χ0) is 12.1. The third-order valence-electron chi connectivity index (χ3n) is 2.06. The quantitative estimate of drug-likeness (QED) is 0.659. The maximum atomic E-state index is 11.0. The Bertz CT molecular complexity index is 414. The van der Waals surface area contributed by atoms with Crippen LogP contribution in [-0.4, -0.2) is 22.1 Å². The van der Waals surface area contributed by atoms with E-state index >= 15 is 0 Å². The molecule has 0 bridgehead atoms. The van der Waals surface area contributed by atoms with Gasteiger partial charge in [-0.3, -0.25) is 9.59 Å². The van der Waals surface area contributed by atoms with E-state index in [-0.39, 0.29) is 12.3 Å². The van der Waals surface area contributed by atoms with Crippen molar-refractivity contribution in [3.8, 4) is 5.75 Å². The fourth-order valence-electron chi connectivity index (χ4n) is 1.23. The Hall–Kier alpha value is -2.04. The topological polar surface area (TPSA) is 86.6 Å². The van der Waals surface area contributed by atoms with Crippen molar-refractivity contribution < 1.29 is 19.8 Å². The lowest BCUT2D eigenvalue weighted by molar-refractivity contribution is -0.140. The molecule has 0 unspecified atom stereocenters. The van der Waals surface area contributed by atoms with Crippen LogP contribution in [0.4, 0.5) is 0 Å². The molecule has 0 aliphatic carbocycles. The van der Waals surface area contributed by atoms with Gasteiger partial charge in [0, 0.05) is 6.54 Å². The first-order valence-electron chi connectivity index (χ1n) is 4.76. The number of aliphatic carboxylic acids is 1. The van der Waals surface area contributed by atoms with Crippen LogP contribution in [0.2, 0.25) is 0 Å². The van der Waals surface area contributed by atoms with Crippen LogP contribution in [0.15, 0.2) is 18.2 Å². The molecule has 0 spiro atoms. The molecule has 0 aromatic heterocycles. The predicted octanol–water partition coefficient (Wildman–Crippen LogP) is 0.792. The standard InChI is InChI=1S/C11H13NO4/c1-7-4-8(2-3-9(7)13)6-12-10(14)5-11(15)16/h2-4,13H,5-6H2,1H3,(H,12,14)(H,15,16). The fourth-order valence-corrected chi connectivity index (χ4v) is 1.23. The van der Waals surface area contributed by atoms with Gasteiger partial charge in [0.25, 0.3) is 0 Å². The molecule has 3 N–H and O–H groups in total. The molecule has 0 atom stereocenters. The van der Waals surface area contributed by atoms with E-state index in [1.165, 1.54) is 6.07 Å². The smallest absolute Gasteiger partial charge is 0.312 e.